The minimum Gasteiger partial charge on any atom is -0.493 e. The molecule has 0 unspecified atom stereocenters. The van der Waals surface area contributed by atoms with Gasteiger partial charge in [0, 0.05) is 49.4 Å². The van der Waals surface area contributed by atoms with Crippen LogP contribution in [-0.4, -0.2) is 47.8 Å². The van der Waals surface area contributed by atoms with Gasteiger partial charge in [-0.25, -0.2) is 9.37 Å². The molecule has 9 heteroatoms. The summed E-state index contributed by atoms with van der Waals surface area (Å²) >= 11 is 0. The van der Waals surface area contributed by atoms with E-state index >= 15 is 0 Å². The molecule has 1 aliphatic rings. The lowest BCUT2D eigenvalue weighted by Crippen LogP contribution is -2.46. The quantitative estimate of drug-likeness (QED) is 0.442. The molecule has 35 heavy (non-hydrogen) atoms. The van der Waals surface area contributed by atoms with Crippen LogP contribution in [0.3, 0.4) is 0 Å². The van der Waals surface area contributed by atoms with Crippen molar-refractivity contribution in [1.82, 2.24) is 9.38 Å². The number of nitrogens with one attached hydrogen (secondary N) is 1. The van der Waals surface area contributed by atoms with Crippen molar-refractivity contribution in [2.24, 2.45) is 0 Å². The van der Waals surface area contributed by atoms with Crippen LogP contribution in [0.25, 0.3) is 5.65 Å². The van der Waals surface area contributed by atoms with Crippen LogP contribution in [0, 0.1) is 5.82 Å². The third-order valence-corrected chi connectivity index (χ3v) is 6.24. The molecule has 2 aromatic carbocycles. The molecule has 5 rings (SSSR count). The number of hydrogen-bond acceptors (Lipinski definition) is 7. The highest BCUT2D eigenvalue weighted by Gasteiger charge is 2.19. The second kappa shape index (κ2) is 9.63. The van der Waals surface area contributed by atoms with E-state index in [2.05, 4.69) is 20.1 Å². The summed E-state index contributed by atoms with van der Waals surface area (Å²) in [5.74, 6) is 0.522. The Morgan fingerprint density at radius 2 is 1.71 bits per heavy atom. The first-order valence-electron chi connectivity index (χ1n) is 11.4. The van der Waals surface area contributed by atoms with E-state index in [9.17, 15) is 14.3 Å². The molecule has 3 heterocycles. The van der Waals surface area contributed by atoms with Crippen molar-refractivity contribution in [2.45, 2.75) is 6.61 Å². The summed E-state index contributed by atoms with van der Waals surface area (Å²) in [6.45, 7) is 2.83. The zero-order valence-electron chi connectivity index (χ0n) is 19.3. The van der Waals surface area contributed by atoms with Gasteiger partial charge in [0.25, 0.3) is 5.56 Å². The lowest BCUT2D eigenvalue weighted by atomic mass is 10.2. The third kappa shape index (κ3) is 4.50. The molecule has 0 aliphatic carbocycles. The van der Waals surface area contributed by atoms with Crippen molar-refractivity contribution in [3.05, 3.63) is 88.6 Å². The third-order valence-electron chi connectivity index (χ3n) is 6.24. The highest BCUT2D eigenvalue weighted by atomic mass is 19.1. The van der Waals surface area contributed by atoms with Gasteiger partial charge in [-0.1, -0.05) is 6.07 Å². The Morgan fingerprint density at radius 3 is 2.40 bits per heavy atom. The summed E-state index contributed by atoms with van der Waals surface area (Å²) in [4.78, 5) is 22.1. The number of halogens is 1. The fourth-order valence-electron chi connectivity index (χ4n) is 4.37. The number of rotatable bonds is 6. The van der Waals surface area contributed by atoms with Crippen molar-refractivity contribution >= 4 is 28.5 Å². The number of pyridine rings is 1. The topological polar surface area (TPSA) is 82.3 Å². The molecule has 2 N–H and O–H groups in total. The maximum atomic E-state index is 13.2. The van der Waals surface area contributed by atoms with Gasteiger partial charge in [0.15, 0.2) is 11.4 Å². The van der Waals surface area contributed by atoms with Gasteiger partial charge in [0.2, 0.25) is 0 Å². The van der Waals surface area contributed by atoms with Gasteiger partial charge in [-0.3, -0.25) is 9.20 Å². The normalized spacial score (nSPS) is 13.8. The van der Waals surface area contributed by atoms with Crippen LogP contribution in [0.1, 0.15) is 5.56 Å². The predicted molar refractivity (Wildman–Crippen MR) is 134 cm³/mol. The van der Waals surface area contributed by atoms with Crippen molar-refractivity contribution in [1.29, 1.82) is 0 Å². The number of hydrogen-bond donors (Lipinski definition) is 2. The number of methoxy groups -OCH3 is 1. The first-order chi connectivity index (χ1) is 17.1. The van der Waals surface area contributed by atoms with E-state index < -0.39 is 6.61 Å². The molecule has 0 saturated carbocycles. The number of aliphatic hydroxyl groups is 1. The molecule has 1 fully saturated rings. The summed E-state index contributed by atoms with van der Waals surface area (Å²) < 4.78 is 20.0. The summed E-state index contributed by atoms with van der Waals surface area (Å²) in [6, 6.07) is 17.9. The number of benzene rings is 2. The van der Waals surface area contributed by atoms with E-state index in [-0.39, 0.29) is 16.9 Å². The molecule has 2 aromatic heterocycles. The number of ether oxygens (including phenoxy) is 1. The number of piperazine rings is 1. The van der Waals surface area contributed by atoms with Crippen LogP contribution in [0.4, 0.5) is 27.3 Å². The Hall–Kier alpha value is -4.11. The number of anilines is 4. The van der Waals surface area contributed by atoms with Gasteiger partial charge in [-0.05, 0) is 54.6 Å². The molecule has 1 saturated heterocycles. The van der Waals surface area contributed by atoms with Gasteiger partial charge < -0.3 is 25.0 Å². The number of aromatic nitrogens is 2. The zero-order valence-corrected chi connectivity index (χ0v) is 19.3. The highest BCUT2D eigenvalue weighted by Crippen LogP contribution is 2.26. The predicted octanol–water partition coefficient (Wildman–Crippen LogP) is 3.40. The van der Waals surface area contributed by atoms with E-state index in [0.717, 1.165) is 43.2 Å². The number of fused-ring (bicyclic) bond motifs is 1. The first kappa shape index (κ1) is 22.7. The van der Waals surface area contributed by atoms with E-state index in [4.69, 9.17) is 4.74 Å². The summed E-state index contributed by atoms with van der Waals surface area (Å²) in [6.07, 6.45) is 1.60. The van der Waals surface area contributed by atoms with Crippen LogP contribution in [0.15, 0.2) is 71.7 Å². The second-order valence-corrected chi connectivity index (χ2v) is 8.30. The standard InChI is InChI=1S/C26H26FN5O3/c1-35-23-6-3-11-32-25(23)29-24(22(17-33)26(32)34)28-19-4-2-5-21(16-19)31-14-12-30(13-15-31)20-9-7-18(27)8-10-20/h2-11,16,28,33H,12-15,17H2,1H3. The molecule has 1 aliphatic heterocycles. The molecule has 0 amide bonds. The minimum atomic E-state index is -0.445. The Labute approximate surface area is 201 Å². The maximum Gasteiger partial charge on any atom is 0.265 e. The Balaban J connectivity index is 1.37. The van der Waals surface area contributed by atoms with E-state index in [1.54, 1.807) is 18.3 Å². The molecule has 4 aromatic rings. The smallest absolute Gasteiger partial charge is 0.265 e. The zero-order chi connectivity index (χ0) is 24.4. The van der Waals surface area contributed by atoms with Crippen LogP contribution in [-0.2, 0) is 6.61 Å². The van der Waals surface area contributed by atoms with Gasteiger partial charge >= 0.3 is 0 Å². The van der Waals surface area contributed by atoms with Crippen molar-refractivity contribution in [3.63, 3.8) is 0 Å². The summed E-state index contributed by atoms with van der Waals surface area (Å²) in [7, 11) is 1.52. The van der Waals surface area contributed by atoms with Crippen molar-refractivity contribution in [2.75, 3.05) is 48.4 Å². The molecular formula is C26H26FN5O3. The first-order valence-corrected chi connectivity index (χ1v) is 11.4. The average molecular weight is 476 g/mol. The Bertz CT molecular complexity index is 1400. The average Bonchev–Trinajstić information content (AvgIpc) is 2.89. The van der Waals surface area contributed by atoms with Crippen molar-refractivity contribution < 1.29 is 14.2 Å². The Kier molecular flexibility index (Phi) is 6.24. The van der Waals surface area contributed by atoms with Crippen LogP contribution >= 0.6 is 0 Å². The molecular weight excluding hydrogens is 449 g/mol. The van der Waals surface area contributed by atoms with Gasteiger partial charge in [-0.2, -0.15) is 0 Å². The lowest BCUT2D eigenvalue weighted by molar-refractivity contribution is 0.280. The largest absolute Gasteiger partial charge is 0.493 e. The van der Waals surface area contributed by atoms with Gasteiger partial charge in [0.05, 0.1) is 19.3 Å². The highest BCUT2D eigenvalue weighted by molar-refractivity contribution is 5.68. The van der Waals surface area contributed by atoms with Crippen molar-refractivity contribution in [3.8, 4) is 5.75 Å². The molecule has 0 atom stereocenters. The molecule has 0 bridgehead atoms. The fourth-order valence-corrected chi connectivity index (χ4v) is 4.37. The monoisotopic (exact) mass is 475 g/mol. The maximum absolute atomic E-state index is 13.2. The van der Waals surface area contributed by atoms with Gasteiger partial charge in [0.1, 0.15) is 11.6 Å². The Morgan fingerprint density at radius 1 is 1.00 bits per heavy atom. The van der Waals surface area contributed by atoms with E-state index in [1.165, 1.54) is 23.6 Å². The summed E-state index contributed by atoms with van der Waals surface area (Å²) in [5, 5.41) is 13.1. The fraction of sp³-hybridized carbons (Fsp3) is 0.231. The SMILES string of the molecule is COc1cccn2c(=O)c(CO)c(Nc3cccc(N4CCN(c5ccc(F)cc5)CC4)c3)nc12. The summed E-state index contributed by atoms with van der Waals surface area (Å²) in [5.41, 5.74) is 3.00. The molecule has 8 nitrogen and oxygen atoms in total. The van der Waals surface area contributed by atoms with Gasteiger partial charge in [-0.15, -0.1) is 0 Å². The van der Waals surface area contributed by atoms with Crippen LogP contribution < -0.4 is 25.4 Å². The van der Waals surface area contributed by atoms with E-state index in [0.29, 0.717) is 17.2 Å². The van der Waals surface area contributed by atoms with Crippen LogP contribution in [0.2, 0.25) is 0 Å². The number of nitrogens with zero attached hydrogens (tertiary/aromatic N) is 4. The molecule has 0 radical (unpaired) electrons. The lowest BCUT2D eigenvalue weighted by Gasteiger charge is -2.37. The molecule has 180 valence electrons. The van der Waals surface area contributed by atoms with Crippen LogP contribution in [0.5, 0.6) is 5.75 Å². The van der Waals surface area contributed by atoms with E-state index in [1.807, 2.05) is 36.4 Å². The number of aliphatic hydroxyl groups excluding tert-OH is 1. The molecule has 0 spiro atoms. The second-order valence-electron chi connectivity index (χ2n) is 8.30. The minimum absolute atomic E-state index is 0.175.